The molecular formula is C24H20ClFN4O4. The van der Waals surface area contributed by atoms with Crippen LogP contribution in [0.1, 0.15) is 15.9 Å². The Balaban J connectivity index is 1.94. The van der Waals surface area contributed by atoms with Crippen molar-refractivity contribution >= 4 is 46.6 Å². The topological polar surface area (TPSA) is 105 Å². The molecule has 0 saturated carbocycles. The number of rotatable bonds is 7. The van der Waals surface area contributed by atoms with Crippen molar-refractivity contribution in [2.45, 2.75) is 0 Å². The first-order valence-electron chi connectivity index (χ1n) is 9.96. The Bertz CT molecular complexity index is 1280. The van der Waals surface area contributed by atoms with E-state index >= 15 is 0 Å². The minimum Gasteiger partial charge on any atom is -0.378 e. The Morgan fingerprint density at radius 1 is 1.06 bits per heavy atom. The first-order chi connectivity index (χ1) is 16.2. The predicted octanol–water partition coefficient (Wildman–Crippen LogP) is 4.86. The van der Waals surface area contributed by atoms with Crippen molar-refractivity contribution in [2.75, 3.05) is 24.3 Å². The number of nitrogens with one attached hydrogen (secondary N) is 2. The van der Waals surface area contributed by atoms with E-state index in [1.807, 2.05) is 31.1 Å². The zero-order valence-corrected chi connectivity index (χ0v) is 19.0. The second-order valence-corrected chi connectivity index (χ2v) is 7.76. The summed E-state index contributed by atoms with van der Waals surface area (Å²) in [6.45, 7) is 0. The molecule has 174 valence electrons. The van der Waals surface area contributed by atoms with Crippen LogP contribution in [0.25, 0.3) is 6.08 Å². The third-order valence-electron chi connectivity index (χ3n) is 4.73. The van der Waals surface area contributed by atoms with Gasteiger partial charge in [-0.1, -0.05) is 35.9 Å². The number of halogens is 2. The fraction of sp³-hybridized carbons (Fsp3) is 0.0833. The fourth-order valence-electron chi connectivity index (χ4n) is 2.96. The van der Waals surface area contributed by atoms with Crippen LogP contribution in [0.3, 0.4) is 0 Å². The minimum absolute atomic E-state index is 0.0902. The van der Waals surface area contributed by atoms with Crippen molar-refractivity contribution in [1.82, 2.24) is 5.32 Å². The maximum absolute atomic E-state index is 14.1. The molecule has 0 atom stereocenters. The largest absolute Gasteiger partial charge is 0.378 e. The number of nitro groups is 1. The van der Waals surface area contributed by atoms with Crippen molar-refractivity contribution < 1.29 is 18.9 Å². The molecule has 0 bridgehead atoms. The number of carbonyl (C=O) groups excluding carboxylic acids is 2. The minimum atomic E-state index is -0.827. The molecule has 2 N–H and O–H groups in total. The molecule has 10 heteroatoms. The molecule has 3 rings (SSSR count). The van der Waals surface area contributed by atoms with Gasteiger partial charge in [-0.2, -0.15) is 0 Å². The second kappa shape index (κ2) is 10.6. The van der Waals surface area contributed by atoms with Crippen molar-refractivity contribution in [3.8, 4) is 0 Å². The van der Waals surface area contributed by atoms with E-state index in [9.17, 15) is 24.1 Å². The zero-order valence-electron chi connectivity index (χ0n) is 18.2. The average Bonchev–Trinajstić information content (AvgIpc) is 2.80. The molecule has 0 aromatic heterocycles. The number of amides is 2. The number of hydrogen-bond acceptors (Lipinski definition) is 5. The summed E-state index contributed by atoms with van der Waals surface area (Å²) in [5.41, 5.74) is 0.781. The van der Waals surface area contributed by atoms with Crippen LogP contribution >= 0.6 is 11.6 Å². The van der Waals surface area contributed by atoms with Crippen LogP contribution in [0.5, 0.6) is 0 Å². The lowest BCUT2D eigenvalue weighted by molar-refractivity contribution is -0.384. The lowest BCUT2D eigenvalue weighted by Gasteiger charge is -2.13. The fourth-order valence-corrected chi connectivity index (χ4v) is 3.14. The van der Waals surface area contributed by atoms with Gasteiger partial charge >= 0.3 is 0 Å². The number of nitrogens with zero attached hydrogens (tertiary/aromatic N) is 2. The van der Waals surface area contributed by atoms with Crippen LogP contribution in [0.4, 0.5) is 21.5 Å². The Kier molecular flexibility index (Phi) is 7.60. The van der Waals surface area contributed by atoms with E-state index in [0.29, 0.717) is 5.56 Å². The van der Waals surface area contributed by atoms with Gasteiger partial charge < -0.3 is 15.5 Å². The predicted molar refractivity (Wildman–Crippen MR) is 129 cm³/mol. The van der Waals surface area contributed by atoms with Gasteiger partial charge in [-0.25, -0.2) is 4.39 Å². The van der Waals surface area contributed by atoms with Crippen LogP contribution in [0.2, 0.25) is 5.02 Å². The summed E-state index contributed by atoms with van der Waals surface area (Å²) >= 11 is 5.82. The quantitative estimate of drug-likeness (QED) is 0.284. The smallest absolute Gasteiger partial charge is 0.289 e. The summed E-state index contributed by atoms with van der Waals surface area (Å²) in [5, 5.41) is 16.0. The molecule has 3 aromatic carbocycles. The molecule has 0 aliphatic heterocycles. The van der Waals surface area contributed by atoms with Gasteiger partial charge in [0.2, 0.25) is 0 Å². The molecule has 0 radical (unpaired) electrons. The van der Waals surface area contributed by atoms with Gasteiger partial charge in [0, 0.05) is 31.5 Å². The maximum Gasteiger partial charge on any atom is 0.289 e. The highest BCUT2D eigenvalue weighted by atomic mass is 35.5. The van der Waals surface area contributed by atoms with Crippen molar-refractivity contribution in [3.05, 3.63) is 105 Å². The maximum atomic E-state index is 14.1. The number of carbonyl (C=O) groups is 2. The number of hydrogen-bond donors (Lipinski definition) is 2. The Labute approximate surface area is 199 Å². The van der Waals surface area contributed by atoms with E-state index in [1.54, 1.807) is 12.1 Å². The number of nitro benzene ring substituents is 1. The third-order valence-corrected chi connectivity index (χ3v) is 5.05. The van der Waals surface area contributed by atoms with Crippen molar-refractivity contribution in [1.29, 1.82) is 0 Å². The molecule has 0 aliphatic rings. The summed E-state index contributed by atoms with van der Waals surface area (Å²) in [6, 6.07) is 16.2. The lowest BCUT2D eigenvalue weighted by atomic mass is 10.1. The lowest BCUT2D eigenvalue weighted by Crippen LogP contribution is -2.31. The average molecular weight is 483 g/mol. The van der Waals surface area contributed by atoms with E-state index in [-0.39, 0.29) is 27.7 Å². The van der Waals surface area contributed by atoms with Crippen LogP contribution < -0.4 is 15.5 Å². The van der Waals surface area contributed by atoms with Gasteiger partial charge in [0.15, 0.2) is 0 Å². The van der Waals surface area contributed by atoms with Gasteiger partial charge in [0.1, 0.15) is 16.5 Å². The monoisotopic (exact) mass is 482 g/mol. The summed E-state index contributed by atoms with van der Waals surface area (Å²) in [4.78, 5) is 38.0. The normalized spacial score (nSPS) is 11.0. The number of benzene rings is 3. The third kappa shape index (κ3) is 5.96. The van der Waals surface area contributed by atoms with Crippen molar-refractivity contribution in [3.63, 3.8) is 0 Å². The molecule has 0 spiro atoms. The first-order valence-corrected chi connectivity index (χ1v) is 10.3. The molecule has 8 nitrogen and oxygen atoms in total. The summed E-state index contributed by atoms with van der Waals surface area (Å²) in [5.74, 6) is -2.34. The van der Waals surface area contributed by atoms with E-state index < -0.39 is 22.6 Å². The standard InChI is InChI=1S/C24H20ClFN4O4/c1-29(2)17-10-7-15(8-11-17)13-21(28-23(31)18-5-3-4-6-20(18)26)24(32)27-16-9-12-19(25)22(14-16)30(33)34/h3-14H,1-2H3,(H,27,32)(H,28,31)/b21-13-. The van der Waals surface area contributed by atoms with Gasteiger partial charge in [0.05, 0.1) is 10.5 Å². The highest BCUT2D eigenvalue weighted by molar-refractivity contribution is 6.32. The van der Waals surface area contributed by atoms with E-state index in [1.165, 1.54) is 36.4 Å². The van der Waals surface area contributed by atoms with Crippen LogP contribution in [0, 0.1) is 15.9 Å². The highest BCUT2D eigenvalue weighted by Gasteiger charge is 2.19. The second-order valence-electron chi connectivity index (χ2n) is 7.36. The van der Waals surface area contributed by atoms with Crippen LogP contribution in [-0.4, -0.2) is 30.8 Å². The molecular weight excluding hydrogens is 463 g/mol. The van der Waals surface area contributed by atoms with Gasteiger partial charge in [-0.15, -0.1) is 0 Å². The zero-order chi connectivity index (χ0) is 24.8. The Morgan fingerprint density at radius 2 is 1.74 bits per heavy atom. The molecule has 0 aliphatic carbocycles. The molecule has 0 unspecified atom stereocenters. The highest BCUT2D eigenvalue weighted by Crippen LogP contribution is 2.27. The van der Waals surface area contributed by atoms with Crippen molar-refractivity contribution in [2.24, 2.45) is 0 Å². The molecule has 2 amide bonds. The molecule has 0 fully saturated rings. The Hall–Kier alpha value is -4.24. The Morgan fingerprint density at radius 3 is 2.35 bits per heavy atom. The molecule has 0 heterocycles. The van der Waals surface area contributed by atoms with Crippen LogP contribution in [-0.2, 0) is 4.79 Å². The number of anilines is 2. The SMILES string of the molecule is CN(C)c1ccc(/C=C(\NC(=O)c2ccccc2F)C(=O)Nc2ccc(Cl)c([N+](=O)[O-])c2)cc1. The molecule has 34 heavy (non-hydrogen) atoms. The van der Waals surface area contributed by atoms with Gasteiger partial charge in [0.25, 0.3) is 17.5 Å². The van der Waals surface area contributed by atoms with Crippen LogP contribution in [0.15, 0.2) is 72.4 Å². The van der Waals surface area contributed by atoms with Gasteiger partial charge in [-0.3, -0.25) is 19.7 Å². The molecule has 0 saturated heterocycles. The van der Waals surface area contributed by atoms with Gasteiger partial charge in [-0.05, 0) is 48.0 Å². The van der Waals surface area contributed by atoms with E-state index in [4.69, 9.17) is 11.6 Å². The molecule has 3 aromatic rings. The van der Waals surface area contributed by atoms with E-state index in [0.717, 1.165) is 17.8 Å². The van der Waals surface area contributed by atoms with E-state index in [2.05, 4.69) is 10.6 Å². The summed E-state index contributed by atoms with van der Waals surface area (Å²) in [7, 11) is 3.76. The summed E-state index contributed by atoms with van der Waals surface area (Å²) in [6.07, 6.45) is 1.41. The summed E-state index contributed by atoms with van der Waals surface area (Å²) < 4.78 is 14.1. The first kappa shape index (κ1) is 24.4.